The summed E-state index contributed by atoms with van der Waals surface area (Å²) in [6.07, 6.45) is 1.27. The lowest BCUT2D eigenvalue weighted by atomic mass is 10.2. The Morgan fingerprint density at radius 3 is 2.35 bits per heavy atom. The van der Waals surface area contributed by atoms with Crippen LogP contribution in [-0.2, 0) is 10.1 Å². The van der Waals surface area contributed by atoms with E-state index in [1.807, 2.05) is 6.92 Å². The van der Waals surface area contributed by atoms with E-state index in [1.165, 1.54) is 25.5 Å². The molecule has 3 aromatic carbocycles. The monoisotopic (exact) mass is 458 g/mol. The zero-order chi connectivity index (χ0) is 22.4. The van der Waals surface area contributed by atoms with Crippen LogP contribution in [0.2, 0.25) is 5.02 Å². The number of hydrogen-bond acceptors (Lipinski definition) is 6. The van der Waals surface area contributed by atoms with Crippen molar-refractivity contribution in [2.45, 2.75) is 11.8 Å². The maximum atomic E-state index is 12.7. The van der Waals surface area contributed by atoms with Crippen molar-refractivity contribution < 1.29 is 22.1 Å². The Morgan fingerprint density at radius 2 is 1.71 bits per heavy atom. The van der Waals surface area contributed by atoms with Gasteiger partial charge in [0.25, 0.3) is 5.91 Å². The number of methoxy groups -OCH3 is 1. The molecule has 0 aliphatic carbocycles. The van der Waals surface area contributed by atoms with E-state index in [9.17, 15) is 13.2 Å². The fourth-order valence-electron chi connectivity index (χ4n) is 2.57. The van der Waals surface area contributed by atoms with Crippen molar-refractivity contribution in [2.75, 3.05) is 7.11 Å². The van der Waals surface area contributed by atoms with E-state index in [0.717, 1.165) is 5.56 Å². The van der Waals surface area contributed by atoms with E-state index in [2.05, 4.69) is 10.5 Å². The van der Waals surface area contributed by atoms with Crippen LogP contribution >= 0.6 is 11.6 Å². The first kappa shape index (κ1) is 22.3. The van der Waals surface area contributed by atoms with E-state index in [-0.39, 0.29) is 16.4 Å². The molecule has 0 atom stereocenters. The summed E-state index contributed by atoms with van der Waals surface area (Å²) in [5.41, 5.74) is 3.96. The average molecular weight is 459 g/mol. The Labute approximate surface area is 185 Å². The maximum Gasteiger partial charge on any atom is 0.339 e. The first-order valence-electron chi connectivity index (χ1n) is 9.07. The normalized spacial score (nSPS) is 11.3. The summed E-state index contributed by atoms with van der Waals surface area (Å²) >= 11 is 5.82. The lowest BCUT2D eigenvalue weighted by Gasteiger charge is -2.13. The molecule has 3 rings (SSSR count). The highest BCUT2D eigenvalue weighted by Gasteiger charge is 2.21. The van der Waals surface area contributed by atoms with Crippen molar-refractivity contribution >= 4 is 33.8 Å². The van der Waals surface area contributed by atoms with Crippen LogP contribution in [0.1, 0.15) is 21.5 Å². The molecule has 0 unspecified atom stereocenters. The predicted molar refractivity (Wildman–Crippen MR) is 118 cm³/mol. The van der Waals surface area contributed by atoms with Gasteiger partial charge in [0.05, 0.1) is 13.3 Å². The van der Waals surface area contributed by atoms with E-state index < -0.39 is 16.0 Å². The molecular formula is C22H19ClN2O5S. The quantitative estimate of drug-likeness (QED) is 0.325. The molecule has 0 saturated heterocycles. The van der Waals surface area contributed by atoms with Gasteiger partial charge in [-0.3, -0.25) is 4.79 Å². The zero-order valence-electron chi connectivity index (χ0n) is 16.7. The highest BCUT2D eigenvalue weighted by Crippen LogP contribution is 2.32. The lowest BCUT2D eigenvalue weighted by molar-refractivity contribution is 0.0955. The van der Waals surface area contributed by atoms with Crippen LogP contribution in [0.5, 0.6) is 11.5 Å². The molecule has 0 aliphatic rings. The number of carbonyl (C=O) groups is 1. The van der Waals surface area contributed by atoms with Crippen LogP contribution in [-0.4, -0.2) is 27.6 Å². The zero-order valence-corrected chi connectivity index (χ0v) is 18.3. The molecule has 7 nitrogen and oxygen atoms in total. The predicted octanol–water partition coefficient (Wildman–Crippen LogP) is 4.19. The first-order valence-corrected chi connectivity index (χ1v) is 10.9. The molecule has 0 aliphatic heterocycles. The molecule has 31 heavy (non-hydrogen) atoms. The van der Waals surface area contributed by atoms with Gasteiger partial charge in [0.15, 0.2) is 11.5 Å². The topological polar surface area (TPSA) is 94.1 Å². The third kappa shape index (κ3) is 5.62. The van der Waals surface area contributed by atoms with Crippen LogP contribution < -0.4 is 14.3 Å². The number of ether oxygens (including phenoxy) is 1. The number of halogens is 1. The average Bonchev–Trinajstić information content (AvgIpc) is 2.75. The van der Waals surface area contributed by atoms with Gasteiger partial charge in [0.2, 0.25) is 0 Å². The Morgan fingerprint density at radius 1 is 1.03 bits per heavy atom. The summed E-state index contributed by atoms with van der Waals surface area (Å²) < 4.78 is 36.1. The molecule has 1 amide bonds. The Kier molecular flexibility index (Phi) is 6.94. The van der Waals surface area contributed by atoms with Crippen molar-refractivity contribution in [3.05, 3.63) is 88.4 Å². The largest absolute Gasteiger partial charge is 0.493 e. The molecular weight excluding hydrogens is 440 g/mol. The summed E-state index contributed by atoms with van der Waals surface area (Å²) in [6.45, 7) is 1.85. The van der Waals surface area contributed by atoms with Gasteiger partial charge < -0.3 is 8.92 Å². The molecule has 9 heteroatoms. The third-order valence-electron chi connectivity index (χ3n) is 4.21. The van der Waals surface area contributed by atoms with Crippen molar-refractivity contribution in [2.24, 2.45) is 5.10 Å². The van der Waals surface area contributed by atoms with Crippen LogP contribution in [0.25, 0.3) is 0 Å². The highest BCUT2D eigenvalue weighted by atomic mass is 35.5. The van der Waals surface area contributed by atoms with Crippen LogP contribution in [0.3, 0.4) is 0 Å². The molecule has 0 heterocycles. The fourth-order valence-corrected chi connectivity index (χ4v) is 3.66. The number of nitrogens with zero attached hydrogens (tertiary/aromatic N) is 1. The van der Waals surface area contributed by atoms with Gasteiger partial charge in [-0.05, 0) is 55.5 Å². The molecule has 0 radical (unpaired) electrons. The number of aryl methyl sites for hydroxylation is 1. The minimum Gasteiger partial charge on any atom is -0.493 e. The molecule has 3 aromatic rings. The van der Waals surface area contributed by atoms with Gasteiger partial charge in [0, 0.05) is 16.1 Å². The third-order valence-corrected chi connectivity index (χ3v) is 5.70. The molecule has 0 spiro atoms. The highest BCUT2D eigenvalue weighted by molar-refractivity contribution is 7.87. The summed E-state index contributed by atoms with van der Waals surface area (Å²) in [7, 11) is -2.72. The summed E-state index contributed by atoms with van der Waals surface area (Å²) in [6, 6.07) is 17.3. The van der Waals surface area contributed by atoms with Crippen molar-refractivity contribution in [3.63, 3.8) is 0 Å². The Hall–Kier alpha value is -3.36. The van der Waals surface area contributed by atoms with E-state index >= 15 is 0 Å². The number of hydrogen-bond donors (Lipinski definition) is 1. The van der Waals surface area contributed by atoms with Crippen molar-refractivity contribution in [1.29, 1.82) is 0 Å². The summed E-state index contributed by atoms with van der Waals surface area (Å²) in [4.78, 5) is 12.2. The van der Waals surface area contributed by atoms with Crippen molar-refractivity contribution in [3.8, 4) is 11.5 Å². The van der Waals surface area contributed by atoms with Gasteiger partial charge in [-0.1, -0.05) is 35.4 Å². The van der Waals surface area contributed by atoms with Gasteiger partial charge in [-0.2, -0.15) is 13.5 Å². The SMILES string of the molecule is COc1cccc(C=NNC(=O)c2ccc(Cl)cc2)c1OS(=O)(=O)c1ccc(C)cc1. The number of hydrazone groups is 1. The minimum absolute atomic E-state index is 0.00272. The van der Waals surface area contributed by atoms with Gasteiger partial charge in [0.1, 0.15) is 4.90 Å². The lowest BCUT2D eigenvalue weighted by Crippen LogP contribution is -2.17. The van der Waals surface area contributed by atoms with Crippen LogP contribution in [0.15, 0.2) is 76.7 Å². The second kappa shape index (κ2) is 9.63. The van der Waals surface area contributed by atoms with Crippen molar-refractivity contribution in [1.82, 2.24) is 5.43 Å². The Balaban J connectivity index is 1.84. The number of amides is 1. The number of rotatable bonds is 7. The number of carbonyl (C=O) groups excluding carboxylic acids is 1. The molecule has 0 fully saturated rings. The molecule has 1 N–H and O–H groups in total. The molecule has 0 aromatic heterocycles. The van der Waals surface area contributed by atoms with Gasteiger partial charge in [-0.15, -0.1) is 0 Å². The maximum absolute atomic E-state index is 12.7. The van der Waals surface area contributed by atoms with E-state index in [1.54, 1.807) is 54.6 Å². The van der Waals surface area contributed by atoms with Gasteiger partial charge >= 0.3 is 10.1 Å². The molecule has 0 bridgehead atoms. The van der Waals surface area contributed by atoms with E-state index in [4.69, 9.17) is 20.5 Å². The standard InChI is InChI=1S/C22H19ClN2O5S/c1-15-6-12-19(13-7-15)31(27,28)30-21-17(4-3-5-20(21)29-2)14-24-25-22(26)16-8-10-18(23)11-9-16/h3-14H,1-2H3,(H,25,26). The van der Waals surface area contributed by atoms with E-state index in [0.29, 0.717) is 16.1 Å². The van der Waals surface area contributed by atoms with Gasteiger partial charge in [-0.25, -0.2) is 5.43 Å². The second-order valence-electron chi connectivity index (χ2n) is 6.44. The minimum atomic E-state index is -4.12. The summed E-state index contributed by atoms with van der Waals surface area (Å²) in [5.74, 6) is -0.302. The van der Waals surface area contributed by atoms with Crippen LogP contribution in [0, 0.1) is 6.92 Å². The second-order valence-corrected chi connectivity index (χ2v) is 8.42. The smallest absolute Gasteiger partial charge is 0.339 e. The molecule has 0 saturated carbocycles. The summed E-state index contributed by atoms with van der Waals surface area (Å²) in [5, 5.41) is 4.41. The van der Waals surface area contributed by atoms with Crippen LogP contribution in [0.4, 0.5) is 0 Å². The first-order chi connectivity index (χ1) is 14.8. The fraction of sp³-hybridized carbons (Fsp3) is 0.0909. The number of para-hydroxylation sites is 1. The Bertz CT molecular complexity index is 1210. The molecule has 160 valence electrons. The number of benzene rings is 3. The number of nitrogens with one attached hydrogen (secondary N) is 1.